The maximum absolute atomic E-state index is 2.45. The van der Waals surface area contributed by atoms with Gasteiger partial charge < -0.3 is 4.90 Å². The molecule has 1 heterocycles. The Morgan fingerprint density at radius 1 is 0.412 bits per heavy atom. The largest absolute Gasteiger partial charge is 0.344 e. The van der Waals surface area contributed by atoms with Crippen molar-refractivity contribution in [1.29, 1.82) is 0 Å². The highest BCUT2D eigenvalue weighted by Gasteiger charge is 2.37. The van der Waals surface area contributed by atoms with Gasteiger partial charge in [0, 0.05) is 23.8 Å². The molecule has 0 saturated carbocycles. The van der Waals surface area contributed by atoms with Crippen molar-refractivity contribution in [3.05, 3.63) is 180 Å². The van der Waals surface area contributed by atoms with Gasteiger partial charge in [-0.15, -0.1) is 0 Å². The lowest BCUT2D eigenvalue weighted by molar-refractivity contribution is 0.660. The number of para-hydroxylation sites is 1. The van der Waals surface area contributed by atoms with Crippen LogP contribution in [0.4, 0.5) is 11.4 Å². The first kappa shape index (κ1) is 29.9. The molecule has 0 unspecified atom stereocenters. The predicted molar refractivity (Wildman–Crippen MR) is 217 cm³/mol. The zero-order valence-corrected chi connectivity index (χ0v) is 29.4. The second-order valence-corrected chi connectivity index (χ2v) is 14.9. The van der Waals surface area contributed by atoms with E-state index in [4.69, 9.17) is 0 Å². The van der Waals surface area contributed by atoms with Crippen molar-refractivity contribution in [1.82, 2.24) is 0 Å². The number of nitrogens with zero attached hydrogens (tertiary/aromatic N) is 1. The second-order valence-electron chi connectivity index (χ2n) is 14.9. The fourth-order valence-corrected chi connectivity index (χ4v) is 9.24. The van der Waals surface area contributed by atoms with E-state index in [1.165, 1.54) is 99.7 Å². The fourth-order valence-electron chi connectivity index (χ4n) is 9.24. The molecule has 8 aromatic rings. The van der Waals surface area contributed by atoms with E-state index in [0.717, 1.165) is 12.8 Å². The van der Waals surface area contributed by atoms with E-state index in [1.54, 1.807) is 0 Å². The maximum atomic E-state index is 2.45. The molecule has 0 spiro atoms. The molecule has 0 fully saturated rings. The molecule has 0 amide bonds. The second kappa shape index (κ2) is 11.3. The normalized spacial score (nSPS) is 14.1. The standard InChI is InChI=1S/C50H39N/c1-50(2)43-21-11-10-19-40(43)49-41(20-13-22-44(49)50)48-38-18-9-8-17-37(38)47(39-29-28-35(30-42(39)48)32-14-5-4-6-15-32)36-27-26-34-25-24-33-16-7-12-23-45(33)51(3)46(34)31-36/h4-23,26-31H,24-25H2,1-3H3. The van der Waals surface area contributed by atoms with Crippen molar-refractivity contribution >= 4 is 32.9 Å². The third-order valence-corrected chi connectivity index (χ3v) is 11.8. The number of anilines is 2. The molecule has 51 heavy (non-hydrogen) atoms. The highest BCUT2D eigenvalue weighted by Crippen LogP contribution is 2.55. The maximum Gasteiger partial charge on any atom is 0.0447 e. The Bertz CT molecular complexity index is 2680. The quantitative estimate of drug-likeness (QED) is 0.172. The third kappa shape index (κ3) is 4.47. The molecule has 1 aliphatic carbocycles. The molecule has 1 aliphatic heterocycles. The molecule has 0 bridgehead atoms. The van der Waals surface area contributed by atoms with Crippen molar-refractivity contribution in [2.75, 3.05) is 11.9 Å². The van der Waals surface area contributed by atoms with Crippen LogP contribution in [-0.4, -0.2) is 7.05 Å². The van der Waals surface area contributed by atoms with Gasteiger partial charge in [-0.25, -0.2) is 0 Å². The van der Waals surface area contributed by atoms with Gasteiger partial charge in [-0.2, -0.15) is 0 Å². The van der Waals surface area contributed by atoms with E-state index in [9.17, 15) is 0 Å². The van der Waals surface area contributed by atoms with E-state index in [2.05, 4.69) is 184 Å². The molecule has 0 atom stereocenters. The summed E-state index contributed by atoms with van der Waals surface area (Å²) < 4.78 is 0. The Kier molecular flexibility index (Phi) is 6.64. The molecule has 10 rings (SSSR count). The number of aryl methyl sites for hydroxylation is 2. The van der Waals surface area contributed by atoms with Gasteiger partial charge in [0.05, 0.1) is 0 Å². The molecule has 1 nitrogen and oxygen atoms in total. The number of rotatable bonds is 3. The SMILES string of the molecule is CN1c2ccccc2CCc2ccc(-c3c4ccccc4c(-c4cccc5c4-c4ccccc4C5(C)C)c4cc(-c5ccccc5)ccc34)cc21. The number of fused-ring (bicyclic) bond motifs is 7. The molecule has 0 aromatic heterocycles. The predicted octanol–water partition coefficient (Wildman–Crippen LogP) is 13.2. The Morgan fingerprint density at radius 2 is 1.04 bits per heavy atom. The molecule has 244 valence electrons. The zero-order chi connectivity index (χ0) is 34.3. The van der Waals surface area contributed by atoms with Crippen LogP contribution in [-0.2, 0) is 18.3 Å². The van der Waals surface area contributed by atoms with Crippen LogP contribution in [0, 0.1) is 0 Å². The lowest BCUT2D eigenvalue weighted by Crippen LogP contribution is -2.14. The molecule has 1 heteroatoms. The van der Waals surface area contributed by atoms with E-state index >= 15 is 0 Å². The minimum Gasteiger partial charge on any atom is -0.344 e. The van der Waals surface area contributed by atoms with Gasteiger partial charge in [0.15, 0.2) is 0 Å². The van der Waals surface area contributed by atoms with Crippen molar-refractivity contribution < 1.29 is 0 Å². The molecule has 2 aliphatic rings. The Labute approximate surface area is 300 Å². The molecule has 0 N–H and O–H groups in total. The van der Waals surface area contributed by atoms with Crippen LogP contribution in [0.1, 0.15) is 36.1 Å². The number of hydrogen-bond acceptors (Lipinski definition) is 1. The summed E-state index contributed by atoms with van der Waals surface area (Å²) in [5, 5.41) is 5.14. The van der Waals surface area contributed by atoms with Gasteiger partial charge in [0.2, 0.25) is 0 Å². The van der Waals surface area contributed by atoms with Crippen molar-refractivity contribution in [3.63, 3.8) is 0 Å². The average Bonchev–Trinajstić information content (AvgIpc) is 3.32. The highest BCUT2D eigenvalue weighted by atomic mass is 15.1. The van der Waals surface area contributed by atoms with Crippen molar-refractivity contribution in [3.8, 4) is 44.5 Å². The van der Waals surface area contributed by atoms with Gasteiger partial charge >= 0.3 is 0 Å². The van der Waals surface area contributed by atoms with Gasteiger partial charge in [0.25, 0.3) is 0 Å². The van der Waals surface area contributed by atoms with E-state index in [0.29, 0.717) is 0 Å². The van der Waals surface area contributed by atoms with E-state index in [-0.39, 0.29) is 5.41 Å². The topological polar surface area (TPSA) is 3.24 Å². The van der Waals surface area contributed by atoms with Crippen LogP contribution in [0.2, 0.25) is 0 Å². The van der Waals surface area contributed by atoms with Crippen LogP contribution in [0.15, 0.2) is 158 Å². The van der Waals surface area contributed by atoms with Crippen molar-refractivity contribution in [2.24, 2.45) is 0 Å². The summed E-state index contributed by atoms with van der Waals surface area (Å²) in [6.45, 7) is 4.75. The minimum absolute atomic E-state index is 0.0742. The number of hydrogen-bond donors (Lipinski definition) is 0. The number of benzene rings is 8. The fraction of sp³-hybridized carbons (Fsp3) is 0.120. The third-order valence-electron chi connectivity index (χ3n) is 11.8. The lowest BCUT2D eigenvalue weighted by Gasteiger charge is -2.24. The Morgan fingerprint density at radius 3 is 1.88 bits per heavy atom. The molecule has 0 saturated heterocycles. The zero-order valence-electron chi connectivity index (χ0n) is 29.4. The Hall–Kier alpha value is -5.92. The monoisotopic (exact) mass is 653 g/mol. The average molecular weight is 654 g/mol. The molecule has 0 radical (unpaired) electrons. The van der Waals surface area contributed by atoms with E-state index < -0.39 is 0 Å². The highest BCUT2D eigenvalue weighted by molar-refractivity contribution is 6.23. The van der Waals surface area contributed by atoms with Crippen LogP contribution < -0.4 is 4.90 Å². The van der Waals surface area contributed by atoms with Crippen molar-refractivity contribution in [2.45, 2.75) is 32.1 Å². The summed E-state index contributed by atoms with van der Waals surface area (Å²) in [7, 11) is 2.23. The minimum atomic E-state index is -0.0742. The summed E-state index contributed by atoms with van der Waals surface area (Å²) in [6.07, 6.45) is 2.09. The van der Waals surface area contributed by atoms with Gasteiger partial charge in [0.1, 0.15) is 0 Å². The van der Waals surface area contributed by atoms with Gasteiger partial charge in [-0.05, 0) is 119 Å². The lowest BCUT2D eigenvalue weighted by atomic mass is 9.80. The molecule has 8 aromatic carbocycles. The molecular formula is C50H39N. The smallest absolute Gasteiger partial charge is 0.0447 e. The first-order chi connectivity index (χ1) is 25.0. The summed E-state index contributed by atoms with van der Waals surface area (Å²) in [4.78, 5) is 2.40. The van der Waals surface area contributed by atoms with Crippen LogP contribution >= 0.6 is 0 Å². The summed E-state index contributed by atoms with van der Waals surface area (Å²) in [5.41, 5.74) is 18.5. The van der Waals surface area contributed by atoms with Gasteiger partial charge in [-0.1, -0.05) is 153 Å². The van der Waals surface area contributed by atoms with Crippen LogP contribution in [0.25, 0.3) is 66.1 Å². The Balaban J connectivity index is 1.30. The molecular weight excluding hydrogens is 615 g/mol. The summed E-state index contributed by atoms with van der Waals surface area (Å²) in [5.74, 6) is 0. The summed E-state index contributed by atoms with van der Waals surface area (Å²) in [6, 6.07) is 59.2. The van der Waals surface area contributed by atoms with Gasteiger partial charge in [-0.3, -0.25) is 0 Å². The first-order valence-corrected chi connectivity index (χ1v) is 18.2. The first-order valence-electron chi connectivity index (χ1n) is 18.2. The van der Waals surface area contributed by atoms with Crippen LogP contribution in [0.5, 0.6) is 0 Å². The van der Waals surface area contributed by atoms with Crippen LogP contribution in [0.3, 0.4) is 0 Å². The van der Waals surface area contributed by atoms with E-state index in [1.807, 2.05) is 0 Å². The summed E-state index contributed by atoms with van der Waals surface area (Å²) >= 11 is 0.